The van der Waals surface area contributed by atoms with Crippen LogP contribution in [0.25, 0.3) is 0 Å². The number of rotatable bonds is 4. The van der Waals surface area contributed by atoms with Crippen molar-refractivity contribution in [3.63, 3.8) is 0 Å². The number of Topliss-reactive ketones (excluding diaryl/α,β-unsaturated/α-hetero) is 1. The van der Waals surface area contributed by atoms with Gasteiger partial charge in [-0.25, -0.2) is 9.18 Å². The van der Waals surface area contributed by atoms with Crippen LogP contribution < -0.4 is 0 Å². The first-order valence-electron chi connectivity index (χ1n) is 4.96. The van der Waals surface area contributed by atoms with Gasteiger partial charge in [0, 0.05) is 5.56 Å². The Morgan fingerprint density at radius 2 is 1.88 bits per heavy atom. The Hall–Kier alpha value is -1.71. The summed E-state index contributed by atoms with van der Waals surface area (Å²) in [6.07, 6.45) is 0. The first-order chi connectivity index (χ1) is 7.50. The molecule has 1 aromatic rings. The second kappa shape index (κ2) is 4.88. The normalized spacial score (nSPS) is 13.9. The highest BCUT2D eigenvalue weighted by atomic mass is 19.1. The van der Waals surface area contributed by atoms with Crippen LogP contribution in [-0.4, -0.2) is 24.0 Å². The zero-order valence-corrected chi connectivity index (χ0v) is 9.20. The highest BCUT2D eigenvalue weighted by Crippen LogP contribution is 2.19. The Kier molecular flexibility index (Phi) is 3.77. The monoisotopic (exact) mass is 224 g/mol. The third kappa shape index (κ3) is 2.45. The Balaban J connectivity index is 2.92. The van der Waals surface area contributed by atoms with E-state index >= 15 is 0 Å². The molecule has 0 aliphatic carbocycles. The molecule has 1 atom stereocenters. The van der Waals surface area contributed by atoms with Crippen molar-refractivity contribution in [1.82, 2.24) is 0 Å². The van der Waals surface area contributed by atoms with Crippen LogP contribution in [-0.2, 0) is 9.53 Å². The minimum Gasteiger partial charge on any atom is -0.463 e. The van der Waals surface area contributed by atoms with Crippen molar-refractivity contribution < 1.29 is 18.7 Å². The molecule has 0 aliphatic rings. The largest absolute Gasteiger partial charge is 0.463 e. The van der Waals surface area contributed by atoms with Crippen LogP contribution in [0, 0.1) is 0 Å². The SMILES string of the molecule is CCOC(=O)[C@](C)(F)C(=O)c1ccccc1. The summed E-state index contributed by atoms with van der Waals surface area (Å²) in [5, 5.41) is 0. The maximum atomic E-state index is 13.9. The molecule has 1 rings (SSSR count). The number of hydrogen-bond donors (Lipinski definition) is 0. The molecule has 3 nitrogen and oxygen atoms in total. The first-order valence-corrected chi connectivity index (χ1v) is 4.96. The molecule has 86 valence electrons. The minimum atomic E-state index is -2.63. The van der Waals surface area contributed by atoms with E-state index in [1.165, 1.54) is 12.1 Å². The van der Waals surface area contributed by atoms with Crippen LogP contribution >= 0.6 is 0 Å². The number of ether oxygens (including phenoxy) is 1. The molecule has 0 bridgehead atoms. The highest BCUT2D eigenvalue weighted by Gasteiger charge is 2.43. The molecule has 0 heterocycles. The Bertz CT molecular complexity index is 385. The number of alkyl halides is 1. The first kappa shape index (κ1) is 12.4. The van der Waals surface area contributed by atoms with Gasteiger partial charge in [-0.05, 0) is 13.8 Å². The molecular weight excluding hydrogens is 211 g/mol. The molecule has 0 radical (unpaired) electrons. The maximum absolute atomic E-state index is 13.9. The van der Waals surface area contributed by atoms with Crippen molar-refractivity contribution in [2.75, 3.05) is 6.61 Å². The van der Waals surface area contributed by atoms with Crippen molar-refractivity contribution in [3.8, 4) is 0 Å². The Labute approximate surface area is 93.2 Å². The van der Waals surface area contributed by atoms with Crippen molar-refractivity contribution in [3.05, 3.63) is 35.9 Å². The highest BCUT2D eigenvalue weighted by molar-refractivity contribution is 6.14. The number of esters is 1. The average Bonchev–Trinajstić information content (AvgIpc) is 2.29. The predicted molar refractivity (Wildman–Crippen MR) is 56.9 cm³/mol. The molecule has 0 unspecified atom stereocenters. The molecule has 0 N–H and O–H groups in total. The molecule has 1 aromatic carbocycles. The lowest BCUT2D eigenvalue weighted by Crippen LogP contribution is -2.40. The second-order valence-electron chi connectivity index (χ2n) is 3.42. The summed E-state index contributed by atoms with van der Waals surface area (Å²) in [5.41, 5.74) is -2.47. The van der Waals surface area contributed by atoms with Crippen LogP contribution in [0.5, 0.6) is 0 Å². The standard InChI is InChI=1S/C12H13FO3/c1-3-16-11(15)12(2,13)10(14)9-7-5-4-6-8-9/h4-8H,3H2,1-2H3/t12-/m1/s1. The third-order valence-corrected chi connectivity index (χ3v) is 2.12. The third-order valence-electron chi connectivity index (χ3n) is 2.12. The van der Waals surface area contributed by atoms with Gasteiger partial charge in [0.25, 0.3) is 5.67 Å². The molecule has 0 aliphatic heterocycles. The van der Waals surface area contributed by atoms with Crippen LogP contribution in [0.3, 0.4) is 0 Å². The number of ketones is 1. The van der Waals surface area contributed by atoms with Gasteiger partial charge in [0.05, 0.1) is 6.61 Å². The molecule has 0 saturated heterocycles. The van der Waals surface area contributed by atoms with Gasteiger partial charge in [-0.3, -0.25) is 4.79 Å². The number of hydrogen-bond acceptors (Lipinski definition) is 3. The number of carbonyl (C=O) groups excluding carboxylic acids is 2. The van der Waals surface area contributed by atoms with E-state index in [2.05, 4.69) is 4.74 Å². The lowest BCUT2D eigenvalue weighted by molar-refractivity contribution is -0.152. The van der Waals surface area contributed by atoms with Gasteiger partial charge in [0.15, 0.2) is 0 Å². The summed E-state index contributed by atoms with van der Waals surface area (Å²) in [4.78, 5) is 23.0. The Morgan fingerprint density at radius 1 is 1.31 bits per heavy atom. The summed E-state index contributed by atoms with van der Waals surface area (Å²) in [6, 6.07) is 7.83. The fraction of sp³-hybridized carbons (Fsp3) is 0.333. The maximum Gasteiger partial charge on any atom is 0.351 e. The molecular formula is C12H13FO3. The lowest BCUT2D eigenvalue weighted by atomic mass is 9.97. The van der Waals surface area contributed by atoms with Crippen LogP contribution in [0.4, 0.5) is 4.39 Å². The number of carbonyl (C=O) groups is 2. The zero-order chi connectivity index (χ0) is 12.2. The molecule has 4 heteroatoms. The van der Waals surface area contributed by atoms with Gasteiger partial charge in [0.1, 0.15) is 0 Å². The van der Waals surface area contributed by atoms with Crippen molar-refractivity contribution in [2.45, 2.75) is 19.5 Å². The number of benzene rings is 1. The average molecular weight is 224 g/mol. The fourth-order valence-electron chi connectivity index (χ4n) is 1.22. The molecule has 0 spiro atoms. The van der Waals surface area contributed by atoms with E-state index in [1.807, 2.05) is 0 Å². The second-order valence-corrected chi connectivity index (χ2v) is 3.42. The van der Waals surface area contributed by atoms with Crippen LogP contribution in [0.2, 0.25) is 0 Å². The molecule has 0 amide bonds. The van der Waals surface area contributed by atoms with E-state index in [-0.39, 0.29) is 12.2 Å². The summed E-state index contributed by atoms with van der Waals surface area (Å²) in [6.45, 7) is 2.52. The van der Waals surface area contributed by atoms with Crippen molar-refractivity contribution in [1.29, 1.82) is 0 Å². The smallest absolute Gasteiger partial charge is 0.351 e. The molecule has 0 saturated carbocycles. The van der Waals surface area contributed by atoms with Gasteiger partial charge in [-0.1, -0.05) is 30.3 Å². The van der Waals surface area contributed by atoms with Gasteiger partial charge in [-0.2, -0.15) is 0 Å². The lowest BCUT2D eigenvalue weighted by Gasteiger charge is -2.16. The molecule has 0 aromatic heterocycles. The topological polar surface area (TPSA) is 43.4 Å². The van der Waals surface area contributed by atoms with Crippen molar-refractivity contribution in [2.24, 2.45) is 0 Å². The van der Waals surface area contributed by atoms with Gasteiger partial charge in [-0.15, -0.1) is 0 Å². The Morgan fingerprint density at radius 3 is 2.38 bits per heavy atom. The van der Waals surface area contributed by atoms with Crippen LogP contribution in [0.15, 0.2) is 30.3 Å². The van der Waals surface area contributed by atoms with Crippen molar-refractivity contribution >= 4 is 11.8 Å². The van der Waals surface area contributed by atoms with E-state index in [0.717, 1.165) is 6.92 Å². The summed E-state index contributed by atoms with van der Waals surface area (Å²) in [5.74, 6) is -2.03. The predicted octanol–water partition coefficient (Wildman–Crippen LogP) is 2.16. The molecule has 0 fully saturated rings. The van der Waals surface area contributed by atoms with Gasteiger partial charge in [0.2, 0.25) is 5.78 Å². The fourth-order valence-corrected chi connectivity index (χ4v) is 1.22. The van der Waals surface area contributed by atoms with E-state index in [0.29, 0.717) is 0 Å². The quantitative estimate of drug-likeness (QED) is 0.447. The van der Waals surface area contributed by atoms with Crippen LogP contribution in [0.1, 0.15) is 24.2 Å². The molecule has 16 heavy (non-hydrogen) atoms. The van der Waals surface area contributed by atoms with E-state index in [9.17, 15) is 14.0 Å². The van der Waals surface area contributed by atoms with Gasteiger partial charge < -0.3 is 4.74 Å². The van der Waals surface area contributed by atoms with E-state index in [1.54, 1.807) is 25.1 Å². The summed E-state index contributed by atoms with van der Waals surface area (Å²) in [7, 11) is 0. The van der Waals surface area contributed by atoms with E-state index in [4.69, 9.17) is 0 Å². The van der Waals surface area contributed by atoms with Gasteiger partial charge >= 0.3 is 5.97 Å². The van der Waals surface area contributed by atoms with E-state index < -0.39 is 17.4 Å². The number of halogens is 1. The zero-order valence-electron chi connectivity index (χ0n) is 9.20. The summed E-state index contributed by atoms with van der Waals surface area (Å²) < 4.78 is 18.4. The minimum absolute atomic E-state index is 0.0421. The summed E-state index contributed by atoms with van der Waals surface area (Å²) >= 11 is 0.